The van der Waals surface area contributed by atoms with Crippen molar-refractivity contribution in [1.29, 1.82) is 0 Å². The first kappa shape index (κ1) is 23.3. The van der Waals surface area contributed by atoms with Gasteiger partial charge in [0.15, 0.2) is 0 Å². The van der Waals surface area contributed by atoms with Crippen LogP contribution in [0.15, 0.2) is 42.5 Å². The molecule has 2 amide bonds. The number of carboxylic acid groups (broad SMARTS) is 1. The van der Waals surface area contributed by atoms with E-state index in [9.17, 15) is 19.5 Å². The number of rotatable bonds is 7. The Morgan fingerprint density at radius 2 is 1.56 bits per heavy atom. The maximum absolute atomic E-state index is 12.7. The van der Waals surface area contributed by atoms with Gasteiger partial charge in [-0.1, -0.05) is 35.9 Å². The van der Waals surface area contributed by atoms with Crippen LogP contribution in [0.5, 0.6) is 0 Å². The SMILES string of the molecule is Cc1cc(C)c(N2CCN(C(=O)CC[C@H](NC(=O)c3ccccc3)C(=O)O)CC2)c(C)c1. The molecule has 0 saturated carbocycles. The third-order valence-electron chi connectivity index (χ3n) is 5.87. The van der Waals surface area contributed by atoms with Crippen LogP contribution in [0.3, 0.4) is 0 Å². The molecule has 0 aliphatic carbocycles. The van der Waals surface area contributed by atoms with Crippen molar-refractivity contribution in [2.45, 2.75) is 39.7 Å². The molecule has 32 heavy (non-hydrogen) atoms. The van der Waals surface area contributed by atoms with Gasteiger partial charge in [-0.3, -0.25) is 9.59 Å². The number of anilines is 1. The minimum atomic E-state index is -1.14. The van der Waals surface area contributed by atoms with Gasteiger partial charge >= 0.3 is 5.97 Å². The van der Waals surface area contributed by atoms with Gasteiger partial charge in [-0.25, -0.2) is 4.79 Å². The van der Waals surface area contributed by atoms with Crippen molar-refractivity contribution >= 4 is 23.5 Å². The predicted octanol–water partition coefficient (Wildman–Crippen LogP) is 2.92. The van der Waals surface area contributed by atoms with Crippen LogP contribution in [0, 0.1) is 20.8 Å². The molecule has 0 radical (unpaired) electrons. The normalized spacial score (nSPS) is 14.7. The summed E-state index contributed by atoms with van der Waals surface area (Å²) in [6, 6.07) is 11.7. The number of nitrogens with one attached hydrogen (secondary N) is 1. The average molecular weight is 438 g/mol. The van der Waals surface area contributed by atoms with E-state index >= 15 is 0 Å². The van der Waals surface area contributed by atoms with Gasteiger partial charge < -0.3 is 20.2 Å². The molecule has 1 heterocycles. The van der Waals surface area contributed by atoms with Crippen LogP contribution < -0.4 is 10.2 Å². The second kappa shape index (κ2) is 10.3. The fraction of sp³-hybridized carbons (Fsp3) is 0.400. The van der Waals surface area contributed by atoms with Crippen LogP contribution in [0.1, 0.15) is 39.9 Å². The molecule has 1 aliphatic heterocycles. The van der Waals surface area contributed by atoms with Crippen molar-refractivity contribution in [3.8, 4) is 0 Å². The van der Waals surface area contributed by atoms with Crippen LogP contribution in [0.4, 0.5) is 5.69 Å². The van der Waals surface area contributed by atoms with E-state index < -0.39 is 17.9 Å². The van der Waals surface area contributed by atoms with E-state index in [2.05, 4.69) is 43.1 Å². The number of hydrogen-bond donors (Lipinski definition) is 2. The van der Waals surface area contributed by atoms with E-state index in [-0.39, 0.29) is 18.7 Å². The Kier molecular flexibility index (Phi) is 7.51. The van der Waals surface area contributed by atoms with Crippen LogP contribution >= 0.6 is 0 Å². The molecule has 170 valence electrons. The number of aryl methyl sites for hydroxylation is 3. The van der Waals surface area contributed by atoms with E-state index in [1.54, 1.807) is 35.2 Å². The van der Waals surface area contributed by atoms with Crippen molar-refractivity contribution in [2.24, 2.45) is 0 Å². The highest BCUT2D eigenvalue weighted by Crippen LogP contribution is 2.27. The minimum absolute atomic E-state index is 0.0587. The summed E-state index contributed by atoms with van der Waals surface area (Å²) in [7, 11) is 0. The number of benzene rings is 2. The first-order chi connectivity index (χ1) is 15.3. The number of hydrogen-bond acceptors (Lipinski definition) is 4. The Labute approximate surface area is 189 Å². The Morgan fingerprint density at radius 1 is 0.969 bits per heavy atom. The van der Waals surface area contributed by atoms with Crippen molar-refractivity contribution < 1.29 is 19.5 Å². The summed E-state index contributed by atoms with van der Waals surface area (Å²) in [4.78, 5) is 40.7. The average Bonchev–Trinajstić information content (AvgIpc) is 2.76. The number of amides is 2. The van der Waals surface area contributed by atoms with E-state index in [4.69, 9.17) is 0 Å². The third kappa shape index (κ3) is 5.66. The number of carboxylic acids is 1. The lowest BCUT2D eigenvalue weighted by Crippen LogP contribution is -2.49. The molecule has 2 N–H and O–H groups in total. The van der Waals surface area contributed by atoms with Crippen LogP contribution in [-0.4, -0.2) is 60.0 Å². The molecular weight excluding hydrogens is 406 g/mol. The highest BCUT2D eigenvalue weighted by Gasteiger charge is 2.26. The largest absolute Gasteiger partial charge is 0.480 e. The second-order valence-corrected chi connectivity index (χ2v) is 8.38. The highest BCUT2D eigenvalue weighted by molar-refractivity contribution is 5.96. The maximum atomic E-state index is 12.7. The molecule has 1 atom stereocenters. The number of nitrogens with zero attached hydrogens (tertiary/aromatic N) is 2. The molecular formula is C25H31N3O4. The molecule has 0 aromatic heterocycles. The van der Waals surface area contributed by atoms with Crippen molar-refractivity contribution in [3.05, 3.63) is 64.7 Å². The van der Waals surface area contributed by atoms with Crippen molar-refractivity contribution in [2.75, 3.05) is 31.1 Å². The van der Waals surface area contributed by atoms with E-state index in [1.807, 2.05) is 0 Å². The highest BCUT2D eigenvalue weighted by atomic mass is 16.4. The van der Waals surface area contributed by atoms with Crippen molar-refractivity contribution in [3.63, 3.8) is 0 Å². The Hall–Kier alpha value is -3.35. The van der Waals surface area contributed by atoms with E-state index in [0.29, 0.717) is 18.7 Å². The summed E-state index contributed by atoms with van der Waals surface area (Å²) in [6.07, 6.45) is 0.137. The fourth-order valence-electron chi connectivity index (χ4n) is 4.37. The van der Waals surface area contributed by atoms with Gasteiger partial charge in [-0.05, 0) is 50.5 Å². The number of piperazine rings is 1. The number of carbonyl (C=O) groups is 3. The van der Waals surface area contributed by atoms with Crippen LogP contribution in [0.25, 0.3) is 0 Å². The zero-order chi connectivity index (χ0) is 23.3. The molecule has 1 saturated heterocycles. The summed E-state index contributed by atoms with van der Waals surface area (Å²) in [5.41, 5.74) is 5.34. The molecule has 7 nitrogen and oxygen atoms in total. The first-order valence-electron chi connectivity index (χ1n) is 11.0. The molecule has 2 aromatic rings. The van der Waals surface area contributed by atoms with Crippen LogP contribution in [0.2, 0.25) is 0 Å². The molecule has 1 aliphatic rings. The summed E-state index contributed by atoms with van der Waals surface area (Å²) < 4.78 is 0. The zero-order valence-electron chi connectivity index (χ0n) is 18.9. The van der Waals surface area contributed by atoms with Gasteiger partial charge in [-0.2, -0.15) is 0 Å². The molecule has 0 unspecified atom stereocenters. The number of carbonyl (C=O) groups excluding carboxylic acids is 2. The molecule has 0 bridgehead atoms. The summed E-state index contributed by atoms with van der Waals surface area (Å²) in [5.74, 6) is -1.68. The summed E-state index contributed by atoms with van der Waals surface area (Å²) >= 11 is 0. The smallest absolute Gasteiger partial charge is 0.326 e. The van der Waals surface area contributed by atoms with E-state index in [0.717, 1.165) is 13.1 Å². The standard InChI is InChI=1S/C25H31N3O4/c1-17-15-18(2)23(19(3)16-17)28-13-11-27(12-14-28)22(29)10-9-21(25(31)32)26-24(30)20-7-5-4-6-8-20/h4-8,15-16,21H,9-14H2,1-3H3,(H,26,30)(H,31,32)/t21-/m0/s1. The molecule has 3 rings (SSSR count). The number of aliphatic carboxylic acids is 1. The third-order valence-corrected chi connectivity index (χ3v) is 5.87. The van der Waals surface area contributed by atoms with Gasteiger partial charge in [0.2, 0.25) is 5.91 Å². The second-order valence-electron chi connectivity index (χ2n) is 8.38. The lowest BCUT2D eigenvalue weighted by atomic mass is 10.0. The van der Waals surface area contributed by atoms with Crippen molar-refractivity contribution in [1.82, 2.24) is 10.2 Å². The first-order valence-corrected chi connectivity index (χ1v) is 11.0. The van der Waals surface area contributed by atoms with Crippen LogP contribution in [-0.2, 0) is 9.59 Å². The minimum Gasteiger partial charge on any atom is -0.480 e. The molecule has 2 aromatic carbocycles. The fourth-order valence-corrected chi connectivity index (χ4v) is 4.37. The zero-order valence-corrected chi connectivity index (χ0v) is 18.9. The lowest BCUT2D eigenvalue weighted by Gasteiger charge is -2.38. The lowest BCUT2D eigenvalue weighted by molar-refractivity contribution is -0.139. The molecule has 7 heteroatoms. The van der Waals surface area contributed by atoms with Gasteiger partial charge in [-0.15, -0.1) is 0 Å². The van der Waals surface area contributed by atoms with E-state index in [1.165, 1.54) is 22.4 Å². The maximum Gasteiger partial charge on any atom is 0.326 e. The summed E-state index contributed by atoms with van der Waals surface area (Å²) in [6.45, 7) is 8.99. The topological polar surface area (TPSA) is 90.0 Å². The van der Waals surface area contributed by atoms with Gasteiger partial charge in [0.25, 0.3) is 5.91 Å². The summed E-state index contributed by atoms with van der Waals surface area (Å²) in [5, 5.41) is 12.0. The Balaban J connectivity index is 1.53. The molecule has 1 fully saturated rings. The Bertz CT molecular complexity index is 959. The predicted molar refractivity (Wildman–Crippen MR) is 124 cm³/mol. The molecule has 0 spiro atoms. The quantitative estimate of drug-likeness (QED) is 0.695. The Morgan fingerprint density at radius 3 is 2.12 bits per heavy atom. The van der Waals surface area contributed by atoms with Gasteiger partial charge in [0, 0.05) is 43.9 Å². The van der Waals surface area contributed by atoms with Gasteiger partial charge in [0.1, 0.15) is 6.04 Å². The van der Waals surface area contributed by atoms with Gasteiger partial charge in [0.05, 0.1) is 0 Å². The monoisotopic (exact) mass is 437 g/mol.